The summed E-state index contributed by atoms with van der Waals surface area (Å²) < 4.78 is 5.89. The van der Waals surface area contributed by atoms with E-state index in [0.29, 0.717) is 21.5 Å². The fourth-order valence-corrected chi connectivity index (χ4v) is 4.37. The molecule has 1 fully saturated rings. The number of non-ortho nitro benzene ring substituents is 1. The molecule has 1 aliphatic rings. The van der Waals surface area contributed by atoms with Crippen LogP contribution >= 0.6 is 24.0 Å². The van der Waals surface area contributed by atoms with Crippen molar-refractivity contribution < 1.29 is 19.2 Å². The second-order valence-corrected chi connectivity index (χ2v) is 8.83. The van der Waals surface area contributed by atoms with E-state index in [1.165, 1.54) is 36.0 Å². The molecule has 0 atom stereocenters. The highest BCUT2D eigenvalue weighted by Crippen LogP contribution is 2.33. The van der Waals surface area contributed by atoms with Crippen LogP contribution in [0.25, 0.3) is 6.08 Å². The van der Waals surface area contributed by atoms with E-state index in [0.717, 1.165) is 31.2 Å². The van der Waals surface area contributed by atoms with Crippen molar-refractivity contribution in [2.75, 3.05) is 6.54 Å². The van der Waals surface area contributed by atoms with Crippen LogP contribution < -0.4 is 4.74 Å². The molecule has 0 saturated carbocycles. The molecular formula is C23H22N2O5S2. The highest BCUT2D eigenvalue weighted by molar-refractivity contribution is 8.26. The first-order valence-corrected chi connectivity index (χ1v) is 11.4. The van der Waals surface area contributed by atoms with Crippen molar-refractivity contribution in [2.24, 2.45) is 0 Å². The first-order valence-electron chi connectivity index (χ1n) is 10.2. The van der Waals surface area contributed by atoms with Gasteiger partial charge in [0, 0.05) is 18.7 Å². The van der Waals surface area contributed by atoms with Gasteiger partial charge in [0.25, 0.3) is 11.6 Å². The van der Waals surface area contributed by atoms with Crippen LogP contribution in [0.15, 0.2) is 53.4 Å². The Bertz CT molecular complexity index is 1050. The van der Waals surface area contributed by atoms with Crippen LogP contribution in [0.4, 0.5) is 5.69 Å². The molecule has 0 aromatic heterocycles. The topological polar surface area (TPSA) is 89.8 Å². The third-order valence-corrected chi connectivity index (χ3v) is 6.19. The average molecular weight is 471 g/mol. The van der Waals surface area contributed by atoms with Crippen LogP contribution in [0.2, 0.25) is 0 Å². The molecule has 2 aromatic carbocycles. The van der Waals surface area contributed by atoms with Crippen LogP contribution in [0, 0.1) is 10.1 Å². The Kier molecular flexibility index (Phi) is 8.13. The minimum atomic E-state index is -0.614. The van der Waals surface area contributed by atoms with E-state index in [1.54, 1.807) is 35.2 Å². The number of carbonyl (C=O) groups is 2. The summed E-state index contributed by atoms with van der Waals surface area (Å²) >= 11 is 6.65. The third kappa shape index (κ3) is 6.02. The van der Waals surface area contributed by atoms with Gasteiger partial charge in [-0.05, 0) is 42.3 Å². The number of benzene rings is 2. The monoisotopic (exact) mass is 470 g/mol. The summed E-state index contributed by atoms with van der Waals surface area (Å²) in [6.07, 6.45) is 6.06. The molecule has 1 amide bonds. The van der Waals surface area contributed by atoms with E-state index < -0.39 is 10.9 Å². The quantitative estimate of drug-likeness (QED) is 0.0897. The summed E-state index contributed by atoms with van der Waals surface area (Å²) in [5.41, 5.74) is 0.895. The van der Waals surface area contributed by atoms with E-state index >= 15 is 0 Å². The number of hydrogen-bond donors (Lipinski definition) is 0. The van der Waals surface area contributed by atoms with Gasteiger partial charge in [-0.15, -0.1) is 0 Å². The first-order chi connectivity index (χ1) is 15.4. The predicted molar refractivity (Wildman–Crippen MR) is 129 cm³/mol. The highest BCUT2D eigenvalue weighted by atomic mass is 32.2. The zero-order chi connectivity index (χ0) is 23.1. The smallest absolute Gasteiger partial charge is 0.343 e. The van der Waals surface area contributed by atoms with Crippen molar-refractivity contribution in [2.45, 2.75) is 32.6 Å². The second-order valence-electron chi connectivity index (χ2n) is 7.16. The lowest BCUT2D eigenvalue weighted by Gasteiger charge is -2.13. The number of unbranched alkanes of at least 4 members (excludes halogenated alkanes) is 3. The number of amides is 1. The molecule has 1 aliphatic heterocycles. The molecule has 0 bridgehead atoms. The van der Waals surface area contributed by atoms with E-state index in [1.807, 2.05) is 0 Å². The van der Waals surface area contributed by atoms with Crippen LogP contribution in [0.5, 0.6) is 5.75 Å². The van der Waals surface area contributed by atoms with E-state index in [4.69, 9.17) is 17.0 Å². The normalized spacial score (nSPS) is 14.8. The van der Waals surface area contributed by atoms with Gasteiger partial charge in [-0.25, -0.2) is 4.79 Å². The van der Waals surface area contributed by atoms with Gasteiger partial charge < -0.3 is 4.74 Å². The maximum atomic E-state index is 12.7. The van der Waals surface area contributed by atoms with E-state index in [9.17, 15) is 19.7 Å². The average Bonchev–Trinajstić information content (AvgIpc) is 3.05. The molecule has 0 unspecified atom stereocenters. The van der Waals surface area contributed by atoms with Gasteiger partial charge in [-0.3, -0.25) is 19.8 Å². The van der Waals surface area contributed by atoms with E-state index in [2.05, 4.69) is 6.92 Å². The Morgan fingerprint density at radius 3 is 2.44 bits per heavy atom. The minimum absolute atomic E-state index is 0.0785. The van der Waals surface area contributed by atoms with Gasteiger partial charge in [-0.2, -0.15) is 0 Å². The van der Waals surface area contributed by atoms with Crippen molar-refractivity contribution >= 4 is 51.9 Å². The number of carbonyl (C=O) groups excluding carboxylic acids is 2. The molecule has 7 nitrogen and oxygen atoms in total. The Morgan fingerprint density at radius 1 is 1.12 bits per heavy atom. The highest BCUT2D eigenvalue weighted by Gasteiger charge is 2.31. The number of thiocarbonyl (C=S) groups is 1. The van der Waals surface area contributed by atoms with Gasteiger partial charge in [0.2, 0.25) is 0 Å². The zero-order valence-electron chi connectivity index (χ0n) is 17.5. The molecule has 1 heterocycles. The Labute approximate surface area is 195 Å². The zero-order valence-corrected chi connectivity index (χ0v) is 19.1. The number of rotatable bonds is 9. The van der Waals surface area contributed by atoms with Crippen molar-refractivity contribution in [3.05, 3.63) is 74.7 Å². The number of esters is 1. The molecule has 3 rings (SSSR count). The van der Waals surface area contributed by atoms with E-state index in [-0.39, 0.29) is 17.2 Å². The first kappa shape index (κ1) is 23.6. The Balaban J connectivity index is 1.61. The molecule has 2 aromatic rings. The van der Waals surface area contributed by atoms with Crippen LogP contribution in [0.3, 0.4) is 0 Å². The Hall–Kier alpha value is -3.04. The minimum Gasteiger partial charge on any atom is -0.423 e. The summed E-state index contributed by atoms with van der Waals surface area (Å²) in [6, 6.07) is 11.9. The number of ether oxygens (including phenoxy) is 1. The van der Waals surface area contributed by atoms with Crippen molar-refractivity contribution in [3.8, 4) is 5.75 Å². The fraction of sp³-hybridized carbons (Fsp3) is 0.261. The molecule has 0 aliphatic carbocycles. The molecule has 1 saturated heterocycles. The summed E-state index contributed by atoms with van der Waals surface area (Å²) in [5, 5.41) is 10.7. The third-order valence-electron chi connectivity index (χ3n) is 4.81. The standard InChI is InChI=1S/C23H22N2O5S2/c1-2-3-4-5-14-24-21(26)20(32-23(24)31)15-16-6-12-19(13-7-16)30-22(27)17-8-10-18(11-9-17)25(28)29/h6-13,15H,2-5,14H2,1H3/b20-15+. The number of thioether (sulfide) groups is 1. The Morgan fingerprint density at radius 2 is 1.81 bits per heavy atom. The maximum Gasteiger partial charge on any atom is 0.343 e. The maximum absolute atomic E-state index is 12.7. The molecule has 32 heavy (non-hydrogen) atoms. The molecule has 0 radical (unpaired) electrons. The lowest BCUT2D eigenvalue weighted by atomic mass is 10.2. The van der Waals surface area contributed by atoms with Gasteiger partial charge >= 0.3 is 5.97 Å². The molecular weight excluding hydrogens is 448 g/mol. The van der Waals surface area contributed by atoms with Crippen molar-refractivity contribution in [1.29, 1.82) is 0 Å². The lowest BCUT2D eigenvalue weighted by molar-refractivity contribution is -0.384. The molecule has 0 N–H and O–H groups in total. The van der Waals surface area contributed by atoms with Crippen molar-refractivity contribution in [3.63, 3.8) is 0 Å². The molecule has 0 spiro atoms. The summed E-state index contributed by atoms with van der Waals surface area (Å²) in [7, 11) is 0. The number of nitrogens with zero attached hydrogens (tertiary/aromatic N) is 2. The largest absolute Gasteiger partial charge is 0.423 e. The second kappa shape index (κ2) is 11.0. The van der Waals surface area contributed by atoms with Crippen LogP contribution in [-0.4, -0.2) is 32.6 Å². The molecule has 166 valence electrons. The fourth-order valence-electron chi connectivity index (χ4n) is 3.06. The van der Waals surface area contributed by atoms with Gasteiger partial charge in [0.15, 0.2) is 0 Å². The lowest BCUT2D eigenvalue weighted by Crippen LogP contribution is -2.28. The van der Waals surface area contributed by atoms with Gasteiger partial charge in [-0.1, -0.05) is 62.3 Å². The summed E-state index contributed by atoms with van der Waals surface area (Å²) in [5.74, 6) is -0.365. The molecule has 9 heteroatoms. The van der Waals surface area contributed by atoms with Crippen LogP contribution in [0.1, 0.15) is 48.5 Å². The number of nitro groups is 1. The SMILES string of the molecule is CCCCCCN1C(=O)/C(=C\c2ccc(OC(=O)c3ccc([N+](=O)[O-])cc3)cc2)SC1=S. The predicted octanol–water partition coefficient (Wildman–Crippen LogP) is 5.60. The summed E-state index contributed by atoms with van der Waals surface area (Å²) in [4.78, 5) is 37.3. The number of nitro benzene ring substituents is 1. The van der Waals surface area contributed by atoms with Crippen LogP contribution in [-0.2, 0) is 4.79 Å². The number of hydrogen-bond acceptors (Lipinski definition) is 7. The van der Waals surface area contributed by atoms with Gasteiger partial charge in [0.1, 0.15) is 10.1 Å². The van der Waals surface area contributed by atoms with Gasteiger partial charge in [0.05, 0.1) is 15.4 Å². The van der Waals surface area contributed by atoms with Crippen molar-refractivity contribution in [1.82, 2.24) is 4.90 Å². The summed E-state index contributed by atoms with van der Waals surface area (Å²) in [6.45, 7) is 2.78.